The minimum absolute atomic E-state index is 0.315. The molecule has 1 aromatic carbocycles. The summed E-state index contributed by atoms with van der Waals surface area (Å²) in [4.78, 5) is 18.5. The Bertz CT molecular complexity index is 832. The molecule has 0 radical (unpaired) electrons. The predicted octanol–water partition coefficient (Wildman–Crippen LogP) is 2.71. The van der Waals surface area contributed by atoms with Gasteiger partial charge in [-0.15, -0.1) is 0 Å². The first-order valence-corrected chi connectivity index (χ1v) is 7.91. The summed E-state index contributed by atoms with van der Waals surface area (Å²) >= 11 is 0. The fourth-order valence-corrected chi connectivity index (χ4v) is 2.83. The fraction of sp³-hybridized carbons (Fsp3) is 0.353. The van der Waals surface area contributed by atoms with Crippen molar-refractivity contribution in [2.24, 2.45) is 0 Å². The van der Waals surface area contributed by atoms with E-state index in [1.54, 1.807) is 23.4 Å². The molecule has 1 N–H and O–H groups in total. The number of rotatable bonds is 3. The number of nitrogens with one attached hydrogen (secondary N) is 1. The van der Waals surface area contributed by atoms with Gasteiger partial charge in [-0.3, -0.25) is 0 Å². The van der Waals surface area contributed by atoms with Crippen LogP contribution in [-0.4, -0.2) is 32.2 Å². The quantitative estimate of drug-likeness (QED) is 0.869. The number of urea groups is 1. The van der Waals surface area contributed by atoms with Gasteiger partial charge >= 0.3 is 6.03 Å². The second kappa shape index (κ2) is 6.62. The minimum atomic E-state index is -0.959. The van der Waals surface area contributed by atoms with Crippen molar-refractivity contribution >= 4 is 6.03 Å². The third-order valence-electron chi connectivity index (χ3n) is 4.09. The van der Waals surface area contributed by atoms with Crippen molar-refractivity contribution in [1.29, 1.82) is 0 Å². The van der Waals surface area contributed by atoms with Gasteiger partial charge in [0.05, 0.1) is 19.1 Å². The molecule has 0 saturated heterocycles. The van der Waals surface area contributed by atoms with Gasteiger partial charge in [0.2, 0.25) is 0 Å². The van der Waals surface area contributed by atoms with Gasteiger partial charge in [-0.1, -0.05) is 18.2 Å². The number of hydrogen-bond donors (Lipinski definition) is 1. The molecule has 2 amide bonds. The second-order valence-electron chi connectivity index (χ2n) is 6.12. The Morgan fingerprint density at radius 2 is 2.08 bits per heavy atom. The average molecular weight is 347 g/mol. The molecular weight excluding hydrogens is 328 g/mol. The van der Waals surface area contributed by atoms with Crippen LogP contribution in [-0.2, 0) is 13.1 Å². The molecule has 0 bridgehead atoms. The van der Waals surface area contributed by atoms with E-state index in [9.17, 15) is 13.6 Å². The van der Waals surface area contributed by atoms with Gasteiger partial charge < -0.3 is 10.2 Å². The van der Waals surface area contributed by atoms with Crippen LogP contribution in [0.5, 0.6) is 0 Å². The van der Waals surface area contributed by atoms with E-state index < -0.39 is 17.7 Å². The smallest absolute Gasteiger partial charge is 0.318 e. The van der Waals surface area contributed by atoms with Gasteiger partial charge in [0.15, 0.2) is 11.6 Å². The first-order valence-electron chi connectivity index (χ1n) is 7.91. The molecule has 0 unspecified atom stereocenters. The molecule has 6 nitrogen and oxygen atoms in total. The summed E-state index contributed by atoms with van der Waals surface area (Å²) in [5.74, 6) is -0.502. The van der Waals surface area contributed by atoms with E-state index in [2.05, 4.69) is 22.0 Å². The molecule has 3 rings (SSSR count). The van der Waals surface area contributed by atoms with Crippen LogP contribution in [0.25, 0.3) is 0 Å². The highest BCUT2D eigenvalue weighted by atomic mass is 19.2. The highest BCUT2D eigenvalue weighted by Crippen LogP contribution is 2.23. The van der Waals surface area contributed by atoms with Crippen molar-refractivity contribution in [3.05, 3.63) is 59.2 Å². The highest BCUT2D eigenvalue weighted by molar-refractivity contribution is 5.75. The van der Waals surface area contributed by atoms with Crippen LogP contribution in [0, 0.1) is 18.6 Å². The molecule has 1 aromatic heterocycles. The largest absolute Gasteiger partial charge is 0.327 e. The summed E-state index contributed by atoms with van der Waals surface area (Å²) in [5.41, 5.74) is 1.06. The lowest BCUT2D eigenvalue weighted by atomic mass is 10.0. The van der Waals surface area contributed by atoms with E-state index in [1.165, 1.54) is 6.07 Å². The van der Waals surface area contributed by atoms with Crippen molar-refractivity contribution in [3.8, 4) is 0 Å². The Balaban J connectivity index is 1.75. The molecule has 2 heterocycles. The molecule has 1 aliphatic heterocycles. The summed E-state index contributed by atoms with van der Waals surface area (Å²) in [6.07, 6.45) is 0. The second-order valence-corrected chi connectivity index (χ2v) is 6.12. The Morgan fingerprint density at radius 1 is 1.32 bits per heavy atom. The molecule has 0 saturated carbocycles. The van der Waals surface area contributed by atoms with Gasteiger partial charge in [0.25, 0.3) is 0 Å². The van der Waals surface area contributed by atoms with Gasteiger partial charge in [0.1, 0.15) is 11.6 Å². The molecule has 1 aliphatic rings. The van der Waals surface area contributed by atoms with E-state index in [-0.39, 0.29) is 6.03 Å². The number of aromatic nitrogens is 3. The third-order valence-corrected chi connectivity index (χ3v) is 4.09. The van der Waals surface area contributed by atoms with Crippen molar-refractivity contribution < 1.29 is 13.6 Å². The maximum absolute atomic E-state index is 13.5. The lowest BCUT2D eigenvalue weighted by molar-refractivity contribution is 0.177. The van der Waals surface area contributed by atoms with E-state index in [1.807, 2.05) is 0 Å². The summed E-state index contributed by atoms with van der Waals surface area (Å²) in [5, 5.41) is 7.08. The van der Waals surface area contributed by atoms with E-state index >= 15 is 0 Å². The molecule has 0 spiro atoms. The molecule has 2 aromatic rings. The Labute approximate surface area is 144 Å². The summed E-state index contributed by atoms with van der Waals surface area (Å²) in [7, 11) is 0. The van der Waals surface area contributed by atoms with Gasteiger partial charge in [-0.2, -0.15) is 5.10 Å². The molecule has 0 fully saturated rings. The molecular formula is C17H19F2N5O. The monoisotopic (exact) mass is 347 g/mol. The first kappa shape index (κ1) is 17.1. The van der Waals surface area contributed by atoms with E-state index in [4.69, 9.17) is 0 Å². The molecule has 25 heavy (non-hydrogen) atoms. The highest BCUT2D eigenvalue weighted by Gasteiger charge is 2.25. The maximum atomic E-state index is 13.5. The Hall–Kier alpha value is -2.77. The van der Waals surface area contributed by atoms with E-state index in [0.717, 1.165) is 18.0 Å². The van der Waals surface area contributed by atoms with Crippen LogP contribution in [0.15, 0.2) is 30.4 Å². The van der Waals surface area contributed by atoms with Crippen molar-refractivity contribution in [3.63, 3.8) is 0 Å². The number of nitrogens with zero attached hydrogens (tertiary/aromatic N) is 4. The van der Waals surface area contributed by atoms with E-state index in [0.29, 0.717) is 36.6 Å². The van der Waals surface area contributed by atoms with Gasteiger partial charge in [-0.25, -0.2) is 23.2 Å². The number of benzene rings is 1. The SMILES string of the molecule is C=C(C)[C@H](NC(=O)N1CCn2nc(C)nc2C1)c1ccc(F)c(F)c1. The number of carbonyl (C=O) groups excluding carboxylic acids is 1. The average Bonchev–Trinajstić information content (AvgIpc) is 2.93. The van der Waals surface area contributed by atoms with Crippen LogP contribution in [0.4, 0.5) is 13.6 Å². The van der Waals surface area contributed by atoms with Crippen molar-refractivity contribution in [2.45, 2.75) is 33.0 Å². The molecule has 1 atom stereocenters. The summed E-state index contributed by atoms with van der Waals surface area (Å²) < 4.78 is 28.5. The van der Waals surface area contributed by atoms with Crippen molar-refractivity contribution in [1.82, 2.24) is 25.0 Å². The lowest BCUT2D eigenvalue weighted by Gasteiger charge is -2.29. The normalized spacial score (nSPS) is 14.8. The Kier molecular flexibility index (Phi) is 4.52. The number of carbonyl (C=O) groups is 1. The van der Waals surface area contributed by atoms with Crippen LogP contribution >= 0.6 is 0 Å². The number of fused-ring (bicyclic) bond motifs is 1. The third kappa shape index (κ3) is 3.52. The van der Waals surface area contributed by atoms with Crippen molar-refractivity contribution in [2.75, 3.05) is 6.54 Å². The van der Waals surface area contributed by atoms with Gasteiger partial charge in [0, 0.05) is 6.54 Å². The van der Waals surface area contributed by atoms with Crippen LogP contribution in [0.3, 0.4) is 0 Å². The first-order chi connectivity index (χ1) is 11.8. The van der Waals surface area contributed by atoms with Crippen LogP contribution < -0.4 is 5.32 Å². The lowest BCUT2D eigenvalue weighted by Crippen LogP contribution is -2.45. The zero-order valence-electron chi connectivity index (χ0n) is 14.1. The standard InChI is InChI=1S/C17H19F2N5O/c1-10(2)16(12-4-5-13(18)14(19)8-12)21-17(25)23-6-7-24-15(9-23)20-11(3)22-24/h4-5,8,16H,1,6-7,9H2,2-3H3,(H,21,25)/t16-/m0/s1. The molecule has 132 valence electrons. The molecule has 0 aliphatic carbocycles. The minimum Gasteiger partial charge on any atom is -0.327 e. The maximum Gasteiger partial charge on any atom is 0.318 e. The van der Waals surface area contributed by atoms with Crippen LogP contribution in [0.2, 0.25) is 0 Å². The fourth-order valence-electron chi connectivity index (χ4n) is 2.83. The predicted molar refractivity (Wildman–Crippen MR) is 87.6 cm³/mol. The number of aryl methyl sites for hydroxylation is 1. The number of amides is 2. The van der Waals surface area contributed by atoms with Crippen LogP contribution in [0.1, 0.15) is 30.2 Å². The van der Waals surface area contributed by atoms with Gasteiger partial charge in [-0.05, 0) is 31.5 Å². The number of halogens is 2. The topological polar surface area (TPSA) is 63.1 Å². The zero-order chi connectivity index (χ0) is 18.1. The summed E-state index contributed by atoms with van der Waals surface area (Å²) in [6.45, 7) is 8.76. The number of hydrogen-bond acceptors (Lipinski definition) is 3. The summed E-state index contributed by atoms with van der Waals surface area (Å²) in [6, 6.07) is 2.63. The zero-order valence-corrected chi connectivity index (χ0v) is 14.1. The molecule has 8 heteroatoms. The Morgan fingerprint density at radius 3 is 2.76 bits per heavy atom.